The van der Waals surface area contributed by atoms with Crippen LogP contribution < -0.4 is 10.2 Å². The van der Waals surface area contributed by atoms with E-state index in [0.29, 0.717) is 5.69 Å². The Morgan fingerprint density at radius 2 is 1.79 bits per heavy atom. The summed E-state index contributed by atoms with van der Waals surface area (Å²) < 4.78 is 0. The van der Waals surface area contributed by atoms with Gasteiger partial charge in [-0.1, -0.05) is 19.3 Å². The van der Waals surface area contributed by atoms with Crippen molar-refractivity contribution >= 4 is 23.3 Å². The average Bonchev–Trinajstić information content (AvgIpc) is 2.55. The lowest BCUT2D eigenvalue weighted by molar-refractivity contribution is -0.384. The Labute approximate surface area is 139 Å². The number of rotatable bonds is 7. The van der Waals surface area contributed by atoms with Gasteiger partial charge in [0.25, 0.3) is 5.69 Å². The molecule has 1 amide bonds. The van der Waals surface area contributed by atoms with Crippen molar-refractivity contribution in [2.24, 2.45) is 0 Å². The molecule has 0 radical (unpaired) electrons. The molecule has 0 aliphatic heterocycles. The van der Waals surface area contributed by atoms with Gasteiger partial charge in [0.05, 0.1) is 11.5 Å². The molecule has 130 valence electrons. The van der Waals surface area contributed by atoms with E-state index >= 15 is 0 Å². The summed E-state index contributed by atoms with van der Waals surface area (Å²) in [6.45, 7) is -0.448. The summed E-state index contributed by atoms with van der Waals surface area (Å²) in [5.74, 6) is -1.31. The molecular formula is C16H21N3O5. The number of non-ortho nitro benzene ring substituents is 1. The maximum Gasteiger partial charge on any atom is 0.323 e. The van der Waals surface area contributed by atoms with Crippen molar-refractivity contribution < 1.29 is 19.6 Å². The SMILES string of the molecule is O=C(O)CN(CC(=O)NC1CCCCC1)c1ccc([N+](=O)[O-])cc1. The number of carbonyl (C=O) groups excluding carboxylic acids is 1. The molecule has 0 heterocycles. The van der Waals surface area contributed by atoms with Crippen molar-refractivity contribution in [2.75, 3.05) is 18.0 Å². The number of amides is 1. The van der Waals surface area contributed by atoms with Crippen LogP contribution in [-0.4, -0.2) is 41.0 Å². The van der Waals surface area contributed by atoms with E-state index in [1.807, 2.05) is 0 Å². The van der Waals surface area contributed by atoms with Crippen LogP contribution in [-0.2, 0) is 9.59 Å². The highest BCUT2D eigenvalue weighted by molar-refractivity contribution is 5.84. The van der Waals surface area contributed by atoms with Gasteiger partial charge in [-0.2, -0.15) is 0 Å². The van der Waals surface area contributed by atoms with Gasteiger partial charge in [0, 0.05) is 23.9 Å². The Morgan fingerprint density at radius 3 is 2.33 bits per heavy atom. The summed E-state index contributed by atoms with van der Waals surface area (Å²) in [5, 5.41) is 22.7. The van der Waals surface area contributed by atoms with E-state index in [1.54, 1.807) is 0 Å². The molecular weight excluding hydrogens is 314 g/mol. The number of carboxylic acids is 1. The van der Waals surface area contributed by atoms with Gasteiger partial charge in [-0.3, -0.25) is 19.7 Å². The highest BCUT2D eigenvalue weighted by Crippen LogP contribution is 2.20. The van der Waals surface area contributed by atoms with Crippen LogP contribution in [0.4, 0.5) is 11.4 Å². The quantitative estimate of drug-likeness (QED) is 0.581. The average molecular weight is 335 g/mol. The largest absolute Gasteiger partial charge is 0.480 e. The molecule has 2 N–H and O–H groups in total. The maximum atomic E-state index is 12.2. The van der Waals surface area contributed by atoms with E-state index in [9.17, 15) is 19.7 Å². The molecule has 1 fully saturated rings. The van der Waals surface area contributed by atoms with Crippen LogP contribution in [0.15, 0.2) is 24.3 Å². The van der Waals surface area contributed by atoms with E-state index in [1.165, 1.54) is 35.6 Å². The first-order chi connectivity index (χ1) is 11.5. The highest BCUT2D eigenvalue weighted by atomic mass is 16.6. The Bertz CT molecular complexity index is 596. The van der Waals surface area contributed by atoms with Gasteiger partial charge in [-0.15, -0.1) is 0 Å². The normalized spacial score (nSPS) is 14.8. The monoisotopic (exact) mass is 335 g/mol. The summed E-state index contributed by atoms with van der Waals surface area (Å²) in [5.41, 5.74) is 0.377. The minimum atomic E-state index is -1.07. The van der Waals surface area contributed by atoms with Gasteiger partial charge in [-0.25, -0.2) is 0 Å². The molecule has 0 aromatic heterocycles. The van der Waals surface area contributed by atoms with Crippen LogP contribution in [0.2, 0.25) is 0 Å². The third-order valence-corrected chi connectivity index (χ3v) is 4.06. The van der Waals surface area contributed by atoms with Gasteiger partial charge in [0.1, 0.15) is 6.54 Å². The third-order valence-electron chi connectivity index (χ3n) is 4.06. The van der Waals surface area contributed by atoms with Crippen LogP contribution in [0.5, 0.6) is 0 Å². The number of aliphatic carboxylic acids is 1. The summed E-state index contributed by atoms with van der Waals surface area (Å²) in [6.07, 6.45) is 5.25. The van der Waals surface area contributed by atoms with E-state index in [4.69, 9.17) is 5.11 Å². The second-order valence-electron chi connectivity index (χ2n) is 5.93. The smallest absolute Gasteiger partial charge is 0.323 e. The molecule has 1 aliphatic carbocycles. The second-order valence-corrected chi connectivity index (χ2v) is 5.93. The topological polar surface area (TPSA) is 113 Å². The van der Waals surface area contributed by atoms with Gasteiger partial charge < -0.3 is 15.3 Å². The molecule has 24 heavy (non-hydrogen) atoms. The molecule has 1 aromatic carbocycles. The molecule has 1 aliphatic rings. The molecule has 0 bridgehead atoms. The first-order valence-electron chi connectivity index (χ1n) is 7.96. The number of nitro benzene ring substituents is 1. The Kier molecular flexibility index (Phi) is 6.11. The molecule has 0 unspecified atom stereocenters. The molecule has 0 saturated heterocycles. The number of hydrogen-bond acceptors (Lipinski definition) is 5. The molecule has 0 spiro atoms. The van der Waals surface area contributed by atoms with Crippen LogP contribution in [0, 0.1) is 10.1 Å². The first-order valence-corrected chi connectivity index (χ1v) is 7.96. The zero-order valence-corrected chi connectivity index (χ0v) is 13.3. The van der Waals surface area contributed by atoms with Crippen molar-refractivity contribution in [2.45, 2.75) is 38.1 Å². The lowest BCUT2D eigenvalue weighted by Gasteiger charge is -2.26. The van der Waals surface area contributed by atoms with Crippen LogP contribution in [0.1, 0.15) is 32.1 Å². The molecule has 2 rings (SSSR count). The summed E-state index contributed by atoms with van der Waals surface area (Å²) in [7, 11) is 0. The fraction of sp³-hybridized carbons (Fsp3) is 0.500. The zero-order chi connectivity index (χ0) is 17.5. The lowest BCUT2D eigenvalue weighted by atomic mass is 9.95. The number of benzene rings is 1. The lowest BCUT2D eigenvalue weighted by Crippen LogP contribution is -2.44. The van der Waals surface area contributed by atoms with Crippen molar-refractivity contribution in [3.63, 3.8) is 0 Å². The number of nitrogens with zero attached hydrogens (tertiary/aromatic N) is 2. The minimum absolute atomic E-state index is 0.0827. The summed E-state index contributed by atoms with van der Waals surface area (Å²) >= 11 is 0. The maximum absolute atomic E-state index is 12.2. The van der Waals surface area contributed by atoms with Gasteiger partial charge in [-0.05, 0) is 25.0 Å². The Hall–Kier alpha value is -2.64. The number of hydrogen-bond donors (Lipinski definition) is 2. The van der Waals surface area contributed by atoms with Crippen molar-refractivity contribution in [1.29, 1.82) is 0 Å². The van der Waals surface area contributed by atoms with Crippen molar-refractivity contribution in [3.8, 4) is 0 Å². The van der Waals surface area contributed by atoms with Crippen LogP contribution >= 0.6 is 0 Å². The highest BCUT2D eigenvalue weighted by Gasteiger charge is 2.19. The number of nitrogens with one attached hydrogen (secondary N) is 1. The molecule has 1 aromatic rings. The predicted octanol–water partition coefficient (Wildman–Crippen LogP) is 1.93. The number of anilines is 1. The second kappa shape index (κ2) is 8.28. The number of carbonyl (C=O) groups is 2. The first kappa shape index (κ1) is 17.7. The molecule has 0 atom stereocenters. The number of nitro groups is 1. The molecule has 8 heteroatoms. The summed E-state index contributed by atoms with van der Waals surface area (Å²) in [6, 6.07) is 5.64. The van der Waals surface area contributed by atoms with E-state index in [-0.39, 0.29) is 30.7 Å². The van der Waals surface area contributed by atoms with E-state index in [0.717, 1.165) is 25.7 Å². The molecule has 1 saturated carbocycles. The summed E-state index contributed by atoms with van der Waals surface area (Å²) in [4.78, 5) is 34.8. The predicted molar refractivity (Wildman–Crippen MR) is 88.0 cm³/mol. The van der Waals surface area contributed by atoms with Gasteiger partial charge in [0.2, 0.25) is 5.91 Å². The van der Waals surface area contributed by atoms with E-state index < -0.39 is 10.9 Å². The molecule has 8 nitrogen and oxygen atoms in total. The number of carboxylic acid groups (broad SMARTS) is 1. The van der Waals surface area contributed by atoms with Crippen LogP contribution in [0.3, 0.4) is 0 Å². The van der Waals surface area contributed by atoms with Crippen molar-refractivity contribution in [1.82, 2.24) is 5.32 Å². The minimum Gasteiger partial charge on any atom is -0.480 e. The van der Waals surface area contributed by atoms with E-state index in [2.05, 4.69) is 5.32 Å². The fourth-order valence-corrected chi connectivity index (χ4v) is 2.88. The Balaban J connectivity index is 2.02. The fourth-order valence-electron chi connectivity index (χ4n) is 2.88. The third kappa shape index (κ3) is 5.22. The van der Waals surface area contributed by atoms with Crippen molar-refractivity contribution in [3.05, 3.63) is 34.4 Å². The van der Waals surface area contributed by atoms with Gasteiger partial charge in [0.15, 0.2) is 0 Å². The van der Waals surface area contributed by atoms with Gasteiger partial charge >= 0.3 is 5.97 Å². The van der Waals surface area contributed by atoms with Crippen LogP contribution in [0.25, 0.3) is 0 Å². The zero-order valence-electron chi connectivity index (χ0n) is 13.3. The standard InChI is InChI=1S/C16H21N3O5/c20-15(17-12-4-2-1-3-5-12)10-18(11-16(21)22)13-6-8-14(9-7-13)19(23)24/h6-9,12H,1-5,10-11H2,(H,17,20)(H,21,22). The Morgan fingerprint density at radius 1 is 1.17 bits per heavy atom.